The molecule has 180 valence electrons. The number of phenolic OH excluding ortho intramolecular Hbond substituents is 1. The SMILES string of the molecule is COCC/C=C\SC(C)/C=C1\Oc2ccc(O)c(OC)c2-c2ccc3c(c21)C(C)=CC(C)(C)N3. The van der Waals surface area contributed by atoms with Gasteiger partial charge in [-0.25, -0.2) is 0 Å². The first-order valence-corrected chi connectivity index (χ1v) is 12.4. The molecule has 2 aliphatic heterocycles. The third kappa shape index (κ3) is 4.70. The van der Waals surface area contributed by atoms with Gasteiger partial charge in [-0.05, 0) is 69.4 Å². The van der Waals surface area contributed by atoms with Crippen LogP contribution in [0, 0.1) is 0 Å². The summed E-state index contributed by atoms with van der Waals surface area (Å²) >= 11 is 1.74. The molecule has 2 aromatic carbocycles. The number of ether oxygens (including phenoxy) is 3. The van der Waals surface area contributed by atoms with Crippen molar-refractivity contribution in [2.45, 2.75) is 44.9 Å². The molecule has 0 spiro atoms. The van der Waals surface area contributed by atoms with Crippen LogP contribution in [-0.2, 0) is 4.74 Å². The third-order valence-corrected chi connectivity index (χ3v) is 6.85. The lowest BCUT2D eigenvalue weighted by Gasteiger charge is -2.35. The van der Waals surface area contributed by atoms with Crippen molar-refractivity contribution < 1.29 is 19.3 Å². The molecule has 4 rings (SSSR count). The molecule has 0 aliphatic carbocycles. The lowest BCUT2D eigenvalue weighted by atomic mass is 9.83. The van der Waals surface area contributed by atoms with Crippen LogP contribution in [0.5, 0.6) is 17.2 Å². The largest absolute Gasteiger partial charge is 0.504 e. The van der Waals surface area contributed by atoms with Gasteiger partial charge in [0.2, 0.25) is 0 Å². The Morgan fingerprint density at radius 3 is 2.68 bits per heavy atom. The maximum Gasteiger partial charge on any atom is 0.172 e. The zero-order valence-electron chi connectivity index (χ0n) is 20.7. The standard InChI is InChI=1S/C28H33NO4S/c1-17-16-28(3,4)29-20-10-9-19-25(24(17)20)23(15-18(2)34-14-8-7-13-31-5)33-22-12-11-21(30)27(32-6)26(19)22/h8-12,14-16,18,29-30H,7,13H2,1-6H3/b14-8-,23-15-. The van der Waals surface area contributed by atoms with Gasteiger partial charge in [0, 0.05) is 41.3 Å². The number of phenols is 1. The van der Waals surface area contributed by atoms with Crippen LogP contribution < -0.4 is 14.8 Å². The van der Waals surface area contributed by atoms with E-state index >= 15 is 0 Å². The van der Waals surface area contributed by atoms with Gasteiger partial charge in [0.15, 0.2) is 11.5 Å². The van der Waals surface area contributed by atoms with Crippen LogP contribution in [0.1, 0.15) is 45.2 Å². The number of benzene rings is 2. The molecule has 34 heavy (non-hydrogen) atoms. The first kappa shape index (κ1) is 24.3. The lowest BCUT2D eigenvalue weighted by molar-refractivity contribution is 0.204. The van der Waals surface area contributed by atoms with Crippen LogP contribution in [0.3, 0.4) is 0 Å². The molecule has 1 unspecified atom stereocenters. The van der Waals surface area contributed by atoms with Gasteiger partial charge in [0.1, 0.15) is 11.5 Å². The van der Waals surface area contributed by atoms with Crippen molar-refractivity contribution in [1.82, 2.24) is 0 Å². The third-order valence-electron chi connectivity index (χ3n) is 5.94. The maximum atomic E-state index is 10.5. The second-order valence-corrected chi connectivity index (χ2v) is 10.5. The van der Waals surface area contributed by atoms with Crippen molar-refractivity contribution in [3.05, 3.63) is 59.0 Å². The Labute approximate surface area is 206 Å². The zero-order valence-corrected chi connectivity index (χ0v) is 21.5. The summed E-state index contributed by atoms with van der Waals surface area (Å²) in [6.45, 7) is 9.35. The van der Waals surface area contributed by atoms with Gasteiger partial charge in [-0.1, -0.05) is 18.2 Å². The summed E-state index contributed by atoms with van der Waals surface area (Å²) in [6, 6.07) is 7.62. The number of anilines is 1. The molecule has 2 N–H and O–H groups in total. The first-order chi connectivity index (χ1) is 16.3. The first-order valence-electron chi connectivity index (χ1n) is 11.5. The number of hydrogen-bond acceptors (Lipinski definition) is 6. The highest BCUT2D eigenvalue weighted by Gasteiger charge is 2.33. The average Bonchev–Trinajstić information content (AvgIpc) is 2.78. The minimum absolute atomic E-state index is 0.0950. The highest BCUT2D eigenvalue weighted by atomic mass is 32.2. The number of nitrogens with one attached hydrogen (secondary N) is 1. The molecule has 2 heterocycles. The number of fused-ring (bicyclic) bond motifs is 5. The predicted octanol–water partition coefficient (Wildman–Crippen LogP) is 7.08. The van der Waals surface area contributed by atoms with E-state index in [0.717, 1.165) is 46.7 Å². The maximum absolute atomic E-state index is 10.5. The van der Waals surface area contributed by atoms with Gasteiger partial charge in [0.25, 0.3) is 0 Å². The van der Waals surface area contributed by atoms with Gasteiger partial charge in [-0.2, -0.15) is 0 Å². The Morgan fingerprint density at radius 1 is 1.15 bits per heavy atom. The summed E-state index contributed by atoms with van der Waals surface area (Å²) in [7, 11) is 3.29. The Kier molecular flexibility index (Phi) is 7.01. The molecule has 1 atom stereocenters. The summed E-state index contributed by atoms with van der Waals surface area (Å²) in [5, 5.41) is 16.4. The van der Waals surface area contributed by atoms with Crippen LogP contribution in [0.15, 0.2) is 47.9 Å². The fourth-order valence-electron chi connectivity index (χ4n) is 4.65. The fraction of sp³-hybridized carbons (Fsp3) is 0.357. The van der Waals surface area contributed by atoms with E-state index in [9.17, 15) is 5.11 Å². The van der Waals surface area contributed by atoms with E-state index in [-0.39, 0.29) is 16.5 Å². The van der Waals surface area contributed by atoms with Crippen LogP contribution in [0.25, 0.3) is 22.5 Å². The van der Waals surface area contributed by atoms with E-state index in [2.05, 4.69) is 68.8 Å². The number of allylic oxidation sites excluding steroid dienone is 1. The van der Waals surface area contributed by atoms with Gasteiger partial charge >= 0.3 is 0 Å². The Hall–Kier alpha value is -2.83. The number of methoxy groups -OCH3 is 2. The topological polar surface area (TPSA) is 60.0 Å². The molecule has 0 saturated carbocycles. The molecule has 0 bridgehead atoms. The molecule has 0 aromatic heterocycles. The van der Waals surface area contributed by atoms with Crippen LogP contribution in [-0.4, -0.2) is 36.7 Å². The highest BCUT2D eigenvalue weighted by Crippen LogP contribution is 2.53. The smallest absolute Gasteiger partial charge is 0.172 e. The lowest BCUT2D eigenvalue weighted by Crippen LogP contribution is -2.32. The van der Waals surface area contributed by atoms with Gasteiger partial charge in [0.05, 0.1) is 18.2 Å². The predicted molar refractivity (Wildman–Crippen MR) is 143 cm³/mol. The minimum atomic E-state index is -0.144. The van der Waals surface area contributed by atoms with Crippen molar-refractivity contribution >= 4 is 28.8 Å². The van der Waals surface area contributed by atoms with Crippen molar-refractivity contribution in [1.29, 1.82) is 0 Å². The monoisotopic (exact) mass is 479 g/mol. The van der Waals surface area contributed by atoms with E-state index in [1.807, 2.05) is 0 Å². The fourth-order valence-corrected chi connectivity index (χ4v) is 5.35. The van der Waals surface area contributed by atoms with E-state index in [0.29, 0.717) is 11.5 Å². The van der Waals surface area contributed by atoms with Crippen LogP contribution in [0.2, 0.25) is 0 Å². The molecule has 5 nitrogen and oxygen atoms in total. The molecule has 2 aromatic rings. The van der Waals surface area contributed by atoms with E-state index in [4.69, 9.17) is 14.2 Å². The van der Waals surface area contributed by atoms with Gasteiger partial charge in [-0.15, -0.1) is 11.8 Å². The second kappa shape index (κ2) is 9.80. The second-order valence-electron chi connectivity index (χ2n) is 9.20. The average molecular weight is 480 g/mol. The van der Waals surface area contributed by atoms with Gasteiger partial charge in [-0.3, -0.25) is 0 Å². The molecular weight excluding hydrogens is 446 g/mol. The zero-order chi connectivity index (χ0) is 24.5. The van der Waals surface area contributed by atoms with E-state index in [1.165, 1.54) is 5.57 Å². The Balaban J connectivity index is 1.85. The number of aromatic hydroxyl groups is 1. The molecule has 0 amide bonds. The van der Waals surface area contributed by atoms with E-state index in [1.54, 1.807) is 38.1 Å². The summed E-state index contributed by atoms with van der Waals surface area (Å²) in [6.07, 6.45) is 7.43. The molecule has 2 aliphatic rings. The van der Waals surface area contributed by atoms with Crippen molar-refractivity contribution in [3.63, 3.8) is 0 Å². The number of thioether (sulfide) groups is 1. The highest BCUT2D eigenvalue weighted by molar-refractivity contribution is 8.02. The Morgan fingerprint density at radius 2 is 1.94 bits per heavy atom. The van der Waals surface area contributed by atoms with Crippen molar-refractivity contribution in [2.75, 3.05) is 26.1 Å². The van der Waals surface area contributed by atoms with Crippen molar-refractivity contribution in [2.24, 2.45) is 0 Å². The van der Waals surface area contributed by atoms with Gasteiger partial charge < -0.3 is 24.6 Å². The van der Waals surface area contributed by atoms with E-state index < -0.39 is 0 Å². The summed E-state index contributed by atoms with van der Waals surface area (Å²) < 4.78 is 17.2. The molecule has 0 radical (unpaired) electrons. The Bertz CT molecular complexity index is 1180. The van der Waals surface area contributed by atoms with Crippen LogP contribution >= 0.6 is 11.8 Å². The summed E-state index contributed by atoms with van der Waals surface area (Å²) in [5.41, 5.74) is 6.01. The normalized spacial score (nSPS) is 17.8. The van der Waals surface area contributed by atoms with Crippen molar-refractivity contribution in [3.8, 4) is 28.4 Å². The number of rotatable bonds is 7. The quantitative estimate of drug-likeness (QED) is 0.414. The summed E-state index contributed by atoms with van der Waals surface area (Å²) in [4.78, 5) is 0. The molecule has 6 heteroatoms. The molecule has 0 fully saturated rings. The van der Waals surface area contributed by atoms with Crippen LogP contribution in [0.4, 0.5) is 5.69 Å². The minimum Gasteiger partial charge on any atom is -0.504 e. The molecular formula is C28H33NO4S. The summed E-state index contributed by atoms with van der Waals surface area (Å²) in [5.74, 6) is 2.00. The number of hydrogen-bond donors (Lipinski definition) is 2. The molecule has 0 saturated heterocycles.